The van der Waals surface area contributed by atoms with Crippen molar-refractivity contribution in [3.05, 3.63) is 0 Å². The number of hydrogen-bond donors (Lipinski definition) is 3. The molecule has 124 valence electrons. The van der Waals surface area contributed by atoms with E-state index in [2.05, 4.69) is 10.6 Å². The Labute approximate surface area is 130 Å². The number of fused-ring (bicyclic) bond motifs is 1. The summed E-state index contributed by atoms with van der Waals surface area (Å²) in [5.74, 6) is -1.05. The molecule has 2 aliphatic rings. The molecule has 0 radical (unpaired) electrons. The van der Waals surface area contributed by atoms with Gasteiger partial charge in [-0.1, -0.05) is 6.42 Å². The molecule has 2 atom stereocenters. The van der Waals surface area contributed by atoms with Crippen molar-refractivity contribution in [2.45, 2.75) is 45.6 Å². The zero-order chi connectivity index (χ0) is 16.5. The zero-order valence-corrected chi connectivity index (χ0v) is 13.4. The molecule has 0 bridgehead atoms. The molecule has 2 fully saturated rings. The molecular weight excluding hydrogens is 286 g/mol. The fourth-order valence-electron chi connectivity index (χ4n) is 3.60. The highest BCUT2D eigenvalue weighted by Crippen LogP contribution is 2.48. The highest BCUT2D eigenvalue weighted by atomic mass is 16.4. The van der Waals surface area contributed by atoms with Crippen molar-refractivity contribution in [2.75, 3.05) is 19.6 Å². The summed E-state index contributed by atoms with van der Waals surface area (Å²) in [5, 5.41) is 14.5. The lowest BCUT2D eigenvalue weighted by molar-refractivity contribution is -0.149. The summed E-state index contributed by atoms with van der Waals surface area (Å²) in [7, 11) is 0. The van der Waals surface area contributed by atoms with Crippen LogP contribution in [0, 0.1) is 11.3 Å². The molecule has 0 aromatic rings. The first-order valence-corrected chi connectivity index (χ1v) is 7.70. The van der Waals surface area contributed by atoms with Crippen LogP contribution in [0.1, 0.15) is 40.0 Å². The number of carbonyl (C=O) groups excluding carboxylic acids is 2. The fourth-order valence-corrected chi connectivity index (χ4v) is 3.60. The van der Waals surface area contributed by atoms with Gasteiger partial charge in [-0.15, -0.1) is 0 Å². The summed E-state index contributed by atoms with van der Waals surface area (Å²) in [6, 6.07) is -0.523. The second-order valence-electron chi connectivity index (χ2n) is 7.47. The maximum Gasteiger partial charge on any atom is 0.321 e. The number of nitrogens with one attached hydrogen (secondary N) is 2. The maximum atomic E-state index is 11.9. The van der Waals surface area contributed by atoms with E-state index in [1.54, 1.807) is 0 Å². The minimum atomic E-state index is -0.761. The predicted octanol–water partition coefficient (Wildman–Crippen LogP) is 0.797. The van der Waals surface area contributed by atoms with Gasteiger partial charge in [0.1, 0.15) is 0 Å². The second kappa shape index (κ2) is 5.87. The number of rotatable bonds is 3. The van der Waals surface area contributed by atoms with Gasteiger partial charge in [0.05, 0.1) is 12.0 Å². The van der Waals surface area contributed by atoms with Crippen molar-refractivity contribution in [3.8, 4) is 0 Å². The van der Waals surface area contributed by atoms with Crippen molar-refractivity contribution in [2.24, 2.45) is 11.3 Å². The maximum absolute atomic E-state index is 11.9. The van der Waals surface area contributed by atoms with Gasteiger partial charge < -0.3 is 10.4 Å². The van der Waals surface area contributed by atoms with E-state index in [1.807, 2.05) is 25.7 Å². The number of hydrogen-bond acceptors (Lipinski definition) is 4. The number of amides is 3. The van der Waals surface area contributed by atoms with Crippen LogP contribution in [-0.4, -0.2) is 53.1 Å². The van der Waals surface area contributed by atoms with Crippen LogP contribution in [0.15, 0.2) is 0 Å². The van der Waals surface area contributed by atoms with Gasteiger partial charge in [0.25, 0.3) is 0 Å². The smallest absolute Gasteiger partial charge is 0.321 e. The van der Waals surface area contributed by atoms with Crippen molar-refractivity contribution in [1.82, 2.24) is 15.5 Å². The van der Waals surface area contributed by atoms with E-state index >= 15 is 0 Å². The molecular formula is C15H25N3O4. The molecule has 0 aromatic carbocycles. The first kappa shape index (κ1) is 16.7. The zero-order valence-electron chi connectivity index (χ0n) is 13.4. The first-order valence-electron chi connectivity index (χ1n) is 7.70. The van der Waals surface area contributed by atoms with Crippen LogP contribution in [0.4, 0.5) is 4.79 Å². The highest BCUT2D eigenvalue weighted by molar-refractivity contribution is 5.95. The van der Waals surface area contributed by atoms with Crippen molar-refractivity contribution in [1.29, 1.82) is 0 Å². The number of carboxylic acid groups (broad SMARTS) is 1. The molecule has 0 aromatic heterocycles. The monoisotopic (exact) mass is 311 g/mol. The number of likely N-dealkylation sites (tertiary alicyclic amines) is 1. The Bertz CT molecular complexity index is 486. The van der Waals surface area contributed by atoms with Crippen molar-refractivity contribution < 1.29 is 19.5 Å². The Morgan fingerprint density at radius 2 is 2.00 bits per heavy atom. The number of aliphatic carboxylic acids is 1. The number of nitrogens with zero attached hydrogens (tertiary/aromatic N) is 1. The summed E-state index contributed by atoms with van der Waals surface area (Å²) in [4.78, 5) is 37.0. The van der Waals surface area contributed by atoms with Gasteiger partial charge in [-0.05, 0) is 39.5 Å². The largest absolute Gasteiger partial charge is 0.481 e. The molecule has 22 heavy (non-hydrogen) atoms. The third-order valence-electron chi connectivity index (χ3n) is 4.48. The van der Waals surface area contributed by atoms with E-state index < -0.39 is 28.9 Å². The number of imide groups is 1. The molecule has 1 aliphatic carbocycles. The van der Waals surface area contributed by atoms with Crippen LogP contribution in [0.5, 0.6) is 0 Å². The van der Waals surface area contributed by atoms with Gasteiger partial charge in [-0.3, -0.25) is 19.8 Å². The van der Waals surface area contributed by atoms with Gasteiger partial charge in [-0.25, -0.2) is 4.79 Å². The van der Waals surface area contributed by atoms with Crippen molar-refractivity contribution in [3.63, 3.8) is 0 Å². The molecule has 7 heteroatoms. The number of urea groups is 1. The summed E-state index contributed by atoms with van der Waals surface area (Å²) in [5.41, 5.74) is -1.11. The minimum absolute atomic E-state index is 0.0586. The standard InChI is InChI=1S/C15H25N3O4/c1-14(2,3)17-13(22)16-11(19)8-18-7-10-5-4-6-15(10,9-18)12(20)21/h10H,4-9H2,1-3H3,(H,20,21)(H2,16,17,19,22)/t10-,15+/m0/s1. The summed E-state index contributed by atoms with van der Waals surface area (Å²) >= 11 is 0. The van der Waals surface area contributed by atoms with E-state index in [1.165, 1.54) is 0 Å². The Morgan fingerprint density at radius 3 is 2.55 bits per heavy atom. The SMILES string of the molecule is CC(C)(C)NC(=O)NC(=O)CN1C[C@@H]2CCC[C@@]2(C(=O)O)C1. The van der Waals surface area contributed by atoms with Crippen LogP contribution in [0.2, 0.25) is 0 Å². The molecule has 3 N–H and O–H groups in total. The van der Waals surface area contributed by atoms with E-state index in [-0.39, 0.29) is 12.5 Å². The molecule has 1 saturated carbocycles. The van der Waals surface area contributed by atoms with Gasteiger partial charge in [0, 0.05) is 18.6 Å². The molecule has 1 saturated heterocycles. The van der Waals surface area contributed by atoms with Gasteiger partial charge in [-0.2, -0.15) is 0 Å². The molecule has 0 unspecified atom stereocenters. The van der Waals surface area contributed by atoms with E-state index in [0.717, 1.165) is 12.8 Å². The number of carbonyl (C=O) groups is 3. The van der Waals surface area contributed by atoms with E-state index in [0.29, 0.717) is 19.5 Å². The Hall–Kier alpha value is -1.63. The third-order valence-corrected chi connectivity index (χ3v) is 4.48. The molecule has 7 nitrogen and oxygen atoms in total. The average Bonchev–Trinajstić information content (AvgIpc) is 2.82. The van der Waals surface area contributed by atoms with Gasteiger partial charge in [0.2, 0.25) is 5.91 Å². The third kappa shape index (κ3) is 3.58. The van der Waals surface area contributed by atoms with E-state index in [4.69, 9.17) is 0 Å². The molecule has 1 aliphatic heterocycles. The second-order valence-corrected chi connectivity index (χ2v) is 7.47. The molecule has 3 amide bonds. The Morgan fingerprint density at radius 1 is 1.32 bits per heavy atom. The minimum Gasteiger partial charge on any atom is -0.481 e. The van der Waals surface area contributed by atoms with Crippen LogP contribution in [-0.2, 0) is 9.59 Å². The molecule has 0 spiro atoms. The first-order chi connectivity index (χ1) is 10.1. The van der Waals surface area contributed by atoms with Gasteiger partial charge in [0.15, 0.2) is 0 Å². The lowest BCUT2D eigenvalue weighted by atomic mass is 9.81. The summed E-state index contributed by atoms with van der Waals surface area (Å²) in [6.45, 7) is 6.55. The fraction of sp³-hybridized carbons (Fsp3) is 0.800. The van der Waals surface area contributed by atoms with Crippen LogP contribution in [0.3, 0.4) is 0 Å². The highest BCUT2D eigenvalue weighted by Gasteiger charge is 2.54. The number of carboxylic acids is 1. The van der Waals surface area contributed by atoms with Crippen LogP contribution >= 0.6 is 0 Å². The van der Waals surface area contributed by atoms with Crippen LogP contribution < -0.4 is 10.6 Å². The van der Waals surface area contributed by atoms with Crippen molar-refractivity contribution >= 4 is 17.9 Å². The van der Waals surface area contributed by atoms with Gasteiger partial charge >= 0.3 is 12.0 Å². The lowest BCUT2D eigenvalue weighted by Crippen LogP contribution is -2.50. The quantitative estimate of drug-likeness (QED) is 0.716. The van der Waals surface area contributed by atoms with Crippen LogP contribution in [0.25, 0.3) is 0 Å². The topological polar surface area (TPSA) is 98.7 Å². The summed E-state index contributed by atoms with van der Waals surface area (Å²) in [6.07, 6.45) is 2.51. The van der Waals surface area contributed by atoms with E-state index in [9.17, 15) is 19.5 Å². The predicted molar refractivity (Wildman–Crippen MR) is 80.3 cm³/mol. The molecule has 2 rings (SSSR count). The normalized spacial score (nSPS) is 28.2. The average molecular weight is 311 g/mol. The summed E-state index contributed by atoms with van der Waals surface area (Å²) < 4.78 is 0. The molecule has 1 heterocycles. The Kier molecular flexibility index (Phi) is 4.47. The Balaban J connectivity index is 1.86. The lowest BCUT2D eigenvalue weighted by Gasteiger charge is -2.23.